The number of halogens is 1. The number of amides is 1. The quantitative estimate of drug-likeness (QED) is 0.400. The third kappa shape index (κ3) is 4.71. The lowest BCUT2D eigenvalue weighted by molar-refractivity contribution is 0.0955. The molecule has 0 saturated heterocycles. The molecule has 1 N–H and O–H groups in total. The highest BCUT2D eigenvalue weighted by molar-refractivity contribution is 7.98. The van der Waals surface area contributed by atoms with Crippen LogP contribution >= 0.6 is 23.4 Å². The molecular formula is C18H16ClN5OS. The van der Waals surface area contributed by atoms with Gasteiger partial charge in [-0.1, -0.05) is 53.7 Å². The van der Waals surface area contributed by atoms with Crippen LogP contribution in [0.2, 0.25) is 5.02 Å². The molecule has 8 heteroatoms. The van der Waals surface area contributed by atoms with Crippen LogP contribution in [0.4, 0.5) is 0 Å². The highest BCUT2D eigenvalue weighted by Gasteiger charge is 2.06. The average Bonchev–Trinajstić information content (AvgIpc) is 3.07. The predicted molar refractivity (Wildman–Crippen MR) is 104 cm³/mol. The molecule has 0 radical (unpaired) electrons. The van der Waals surface area contributed by atoms with Gasteiger partial charge in [0.15, 0.2) is 5.16 Å². The summed E-state index contributed by atoms with van der Waals surface area (Å²) in [5, 5.41) is 13.2. The Morgan fingerprint density at radius 3 is 2.73 bits per heavy atom. The smallest absolute Gasteiger partial charge is 0.271 e. The fraction of sp³-hybridized carbons (Fsp3) is 0.111. The fourth-order valence-electron chi connectivity index (χ4n) is 2.11. The van der Waals surface area contributed by atoms with Gasteiger partial charge in [0, 0.05) is 29.0 Å². The Hall–Kier alpha value is -2.64. The molecule has 3 rings (SSSR count). The van der Waals surface area contributed by atoms with E-state index in [-0.39, 0.29) is 5.91 Å². The van der Waals surface area contributed by atoms with Crippen LogP contribution in [-0.4, -0.2) is 26.9 Å². The molecule has 0 atom stereocenters. The second kappa shape index (κ2) is 8.64. The lowest BCUT2D eigenvalue weighted by Crippen LogP contribution is -2.17. The van der Waals surface area contributed by atoms with Crippen molar-refractivity contribution >= 4 is 35.5 Å². The number of nitrogens with zero attached hydrogens (tertiary/aromatic N) is 4. The molecule has 0 saturated carbocycles. The van der Waals surface area contributed by atoms with Crippen molar-refractivity contribution in [2.24, 2.45) is 12.1 Å². The number of benzene rings is 2. The molecule has 0 spiro atoms. The van der Waals surface area contributed by atoms with Gasteiger partial charge in [0.25, 0.3) is 5.91 Å². The Morgan fingerprint density at radius 1 is 1.27 bits per heavy atom. The molecule has 1 aromatic heterocycles. The van der Waals surface area contributed by atoms with Crippen LogP contribution in [0, 0.1) is 0 Å². The first-order chi connectivity index (χ1) is 12.6. The van der Waals surface area contributed by atoms with Crippen LogP contribution in [0.3, 0.4) is 0 Å². The number of carbonyl (C=O) groups is 1. The minimum Gasteiger partial charge on any atom is -0.312 e. The van der Waals surface area contributed by atoms with E-state index >= 15 is 0 Å². The zero-order valence-electron chi connectivity index (χ0n) is 14.0. The average molecular weight is 386 g/mol. The number of hydrogen-bond donors (Lipinski definition) is 1. The lowest BCUT2D eigenvalue weighted by Gasteiger charge is -2.04. The van der Waals surface area contributed by atoms with E-state index in [4.69, 9.17) is 11.6 Å². The fourth-order valence-corrected chi connectivity index (χ4v) is 3.14. The summed E-state index contributed by atoms with van der Waals surface area (Å²) in [4.78, 5) is 12.1. The number of aryl methyl sites for hydroxylation is 1. The van der Waals surface area contributed by atoms with E-state index in [1.165, 1.54) is 6.21 Å². The molecule has 3 aromatic rings. The molecule has 0 unspecified atom stereocenters. The predicted octanol–water partition coefficient (Wildman–Crippen LogP) is 3.52. The first-order valence-corrected chi connectivity index (χ1v) is 9.13. The van der Waals surface area contributed by atoms with Crippen molar-refractivity contribution < 1.29 is 4.79 Å². The Balaban J connectivity index is 1.55. The number of rotatable bonds is 6. The molecule has 1 amide bonds. The summed E-state index contributed by atoms with van der Waals surface area (Å²) in [5.41, 5.74) is 4.87. The minimum absolute atomic E-state index is 0.277. The maximum absolute atomic E-state index is 12.1. The molecule has 6 nitrogen and oxygen atoms in total. The van der Waals surface area contributed by atoms with Gasteiger partial charge in [-0.25, -0.2) is 5.43 Å². The summed E-state index contributed by atoms with van der Waals surface area (Å²) in [6.07, 6.45) is 3.19. The molecule has 2 aromatic carbocycles. The molecular weight excluding hydrogens is 370 g/mol. The molecule has 26 heavy (non-hydrogen) atoms. The largest absolute Gasteiger partial charge is 0.312 e. The monoisotopic (exact) mass is 385 g/mol. The molecule has 0 aliphatic carbocycles. The van der Waals surface area contributed by atoms with Gasteiger partial charge in [-0.3, -0.25) is 4.79 Å². The SMILES string of the molecule is Cn1cnnc1SCc1ccc(C(=O)N/N=C/c2ccccc2Cl)cc1. The van der Waals surface area contributed by atoms with Gasteiger partial charge in [0.2, 0.25) is 0 Å². The molecule has 0 aliphatic heterocycles. The van der Waals surface area contributed by atoms with Crippen LogP contribution in [0.5, 0.6) is 0 Å². The van der Waals surface area contributed by atoms with Gasteiger partial charge in [-0.2, -0.15) is 5.10 Å². The van der Waals surface area contributed by atoms with Crippen molar-refractivity contribution in [2.45, 2.75) is 10.9 Å². The number of aromatic nitrogens is 3. The number of thioether (sulfide) groups is 1. The number of nitrogens with one attached hydrogen (secondary N) is 1. The van der Waals surface area contributed by atoms with Gasteiger partial charge in [0.05, 0.1) is 6.21 Å². The summed E-state index contributed by atoms with van der Waals surface area (Å²) in [5.74, 6) is 0.472. The van der Waals surface area contributed by atoms with E-state index in [9.17, 15) is 4.79 Å². The number of carbonyl (C=O) groups excluding carboxylic acids is 1. The van der Waals surface area contributed by atoms with Crippen molar-refractivity contribution in [1.82, 2.24) is 20.2 Å². The number of hydrogen-bond acceptors (Lipinski definition) is 5. The van der Waals surface area contributed by atoms with Crippen molar-refractivity contribution in [1.29, 1.82) is 0 Å². The number of hydrazone groups is 1. The Morgan fingerprint density at radius 2 is 2.04 bits per heavy atom. The second-order valence-corrected chi connectivity index (χ2v) is 6.78. The Kier molecular flexibility index (Phi) is 6.04. The lowest BCUT2D eigenvalue weighted by atomic mass is 10.1. The highest BCUT2D eigenvalue weighted by Crippen LogP contribution is 2.20. The van der Waals surface area contributed by atoms with Crippen LogP contribution in [0.25, 0.3) is 0 Å². The van der Waals surface area contributed by atoms with E-state index in [1.54, 1.807) is 36.3 Å². The summed E-state index contributed by atoms with van der Waals surface area (Å²) in [6.45, 7) is 0. The van der Waals surface area contributed by atoms with Crippen LogP contribution in [0.1, 0.15) is 21.5 Å². The Labute approximate surface area is 160 Å². The molecule has 132 valence electrons. The first-order valence-electron chi connectivity index (χ1n) is 7.77. The van der Waals surface area contributed by atoms with E-state index < -0.39 is 0 Å². The van der Waals surface area contributed by atoms with Gasteiger partial charge in [0.1, 0.15) is 6.33 Å². The standard InChI is InChI=1S/C18H16ClN5OS/c1-24-12-21-23-18(24)26-11-13-6-8-14(9-7-13)17(25)22-20-10-15-4-2-3-5-16(15)19/h2-10,12H,11H2,1H3,(H,22,25)/b20-10+. The summed E-state index contributed by atoms with van der Waals surface area (Å²) in [7, 11) is 1.90. The van der Waals surface area contributed by atoms with Crippen LogP contribution in [0.15, 0.2) is 65.1 Å². The van der Waals surface area contributed by atoms with E-state index in [0.29, 0.717) is 10.6 Å². The third-order valence-corrected chi connectivity index (χ3v) is 4.98. The van der Waals surface area contributed by atoms with Crippen molar-refractivity contribution in [3.05, 3.63) is 76.6 Å². The van der Waals surface area contributed by atoms with Gasteiger partial charge >= 0.3 is 0 Å². The first kappa shape index (κ1) is 18.2. The summed E-state index contributed by atoms with van der Waals surface area (Å²) < 4.78 is 1.86. The maximum Gasteiger partial charge on any atom is 0.271 e. The molecule has 0 fully saturated rings. The third-order valence-electron chi connectivity index (χ3n) is 3.53. The molecule has 0 bridgehead atoms. The van der Waals surface area contributed by atoms with Crippen LogP contribution < -0.4 is 5.43 Å². The van der Waals surface area contributed by atoms with Crippen molar-refractivity contribution in [3.63, 3.8) is 0 Å². The zero-order chi connectivity index (χ0) is 18.4. The summed E-state index contributed by atoms with van der Waals surface area (Å²) in [6, 6.07) is 14.6. The van der Waals surface area contributed by atoms with E-state index in [1.807, 2.05) is 41.9 Å². The normalized spacial score (nSPS) is 11.0. The van der Waals surface area contributed by atoms with E-state index in [2.05, 4.69) is 20.7 Å². The minimum atomic E-state index is -0.277. The van der Waals surface area contributed by atoms with Gasteiger partial charge < -0.3 is 4.57 Å². The van der Waals surface area contributed by atoms with E-state index in [0.717, 1.165) is 22.0 Å². The van der Waals surface area contributed by atoms with Gasteiger partial charge in [-0.15, -0.1) is 10.2 Å². The van der Waals surface area contributed by atoms with Crippen LogP contribution in [-0.2, 0) is 12.8 Å². The molecule has 0 aliphatic rings. The molecule has 1 heterocycles. The Bertz CT molecular complexity index is 923. The second-order valence-electron chi connectivity index (χ2n) is 5.43. The zero-order valence-corrected chi connectivity index (χ0v) is 15.5. The summed E-state index contributed by atoms with van der Waals surface area (Å²) >= 11 is 7.62. The van der Waals surface area contributed by atoms with Crippen molar-refractivity contribution in [2.75, 3.05) is 0 Å². The topological polar surface area (TPSA) is 72.2 Å². The van der Waals surface area contributed by atoms with Gasteiger partial charge in [-0.05, 0) is 23.8 Å². The van der Waals surface area contributed by atoms with Crippen molar-refractivity contribution in [3.8, 4) is 0 Å². The maximum atomic E-state index is 12.1. The highest BCUT2D eigenvalue weighted by atomic mass is 35.5.